The second kappa shape index (κ2) is 4.72. The standard InChI is InChI=1S/C9H8ClFN2O/c1-6(10)5-12-9(14)7-3-2-4-8(11)13-7/h2-4H,1,5H2,(H,12,14). The molecule has 0 spiro atoms. The van der Waals surface area contributed by atoms with Gasteiger partial charge in [-0.15, -0.1) is 0 Å². The number of nitrogens with one attached hydrogen (secondary N) is 1. The van der Waals surface area contributed by atoms with Crippen molar-refractivity contribution in [2.45, 2.75) is 0 Å². The minimum absolute atomic E-state index is 0.0166. The lowest BCUT2D eigenvalue weighted by Gasteiger charge is -2.02. The van der Waals surface area contributed by atoms with Crippen molar-refractivity contribution in [3.05, 3.63) is 41.5 Å². The summed E-state index contributed by atoms with van der Waals surface area (Å²) in [5, 5.41) is 2.73. The molecule has 0 bridgehead atoms. The third-order valence-electron chi connectivity index (χ3n) is 1.39. The molecule has 0 aliphatic heterocycles. The SMILES string of the molecule is C=C(Cl)CNC(=O)c1cccc(F)n1. The van der Waals surface area contributed by atoms with E-state index in [0.29, 0.717) is 5.03 Å². The molecule has 14 heavy (non-hydrogen) atoms. The second-order valence-electron chi connectivity index (χ2n) is 2.55. The van der Waals surface area contributed by atoms with Gasteiger partial charge < -0.3 is 5.32 Å². The highest BCUT2D eigenvalue weighted by Crippen LogP contribution is 1.99. The number of amides is 1. The van der Waals surface area contributed by atoms with E-state index in [4.69, 9.17) is 11.6 Å². The molecule has 1 heterocycles. The summed E-state index contributed by atoms with van der Waals surface area (Å²) in [4.78, 5) is 14.7. The molecule has 0 saturated heterocycles. The van der Waals surface area contributed by atoms with E-state index in [2.05, 4.69) is 16.9 Å². The summed E-state index contributed by atoms with van der Waals surface area (Å²) in [7, 11) is 0. The van der Waals surface area contributed by atoms with Crippen molar-refractivity contribution < 1.29 is 9.18 Å². The largest absolute Gasteiger partial charge is 0.346 e. The minimum atomic E-state index is -0.692. The van der Waals surface area contributed by atoms with Gasteiger partial charge in [0.1, 0.15) is 5.69 Å². The van der Waals surface area contributed by atoms with Gasteiger partial charge in [-0.2, -0.15) is 4.39 Å². The predicted octanol–water partition coefficient (Wildman–Crippen LogP) is 1.70. The van der Waals surface area contributed by atoms with Gasteiger partial charge >= 0.3 is 0 Å². The Kier molecular flexibility index (Phi) is 3.59. The van der Waals surface area contributed by atoms with Gasteiger partial charge in [-0.3, -0.25) is 4.79 Å². The van der Waals surface area contributed by atoms with Crippen molar-refractivity contribution in [3.63, 3.8) is 0 Å². The van der Waals surface area contributed by atoms with Gasteiger partial charge in [0, 0.05) is 5.03 Å². The molecule has 74 valence electrons. The summed E-state index contributed by atoms with van der Waals surface area (Å²) in [6, 6.07) is 3.99. The number of hydrogen-bond donors (Lipinski definition) is 1. The first kappa shape index (κ1) is 10.7. The Balaban J connectivity index is 2.65. The van der Waals surface area contributed by atoms with Gasteiger partial charge in [0.2, 0.25) is 5.95 Å². The summed E-state index contributed by atoms with van der Waals surface area (Å²) in [5.41, 5.74) is 0.0166. The maximum absolute atomic E-state index is 12.6. The maximum Gasteiger partial charge on any atom is 0.270 e. The van der Waals surface area contributed by atoms with Crippen molar-refractivity contribution in [1.82, 2.24) is 10.3 Å². The lowest BCUT2D eigenvalue weighted by Crippen LogP contribution is -2.25. The zero-order valence-corrected chi connectivity index (χ0v) is 8.01. The fourth-order valence-electron chi connectivity index (χ4n) is 0.801. The Labute approximate surface area is 85.6 Å². The van der Waals surface area contributed by atoms with E-state index in [0.717, 1.165) is 6.07 Å². The Bertz CT molecular complexity index is 368. The van der Waals surface area contributed by atoms with E-state index in [1.807, 2.05) is 0 Å². The third-order valence-corrected chi connectivity index (χ3v) is 1.52. The summed E-state index contributed by atoms with van der Waals surface area (Å²) in [6.07, 6.45) is 0. The molecule has 5 heteroatoms. The molecule has 3 nitrogen and oxygen atoms in total. The lowest BCUT2D eigenvalue weighted by molar-refractivity contribution is 0.0951. The number of hydrogen-bond acceptors (Lipinski definition) is 2. The number of nitrogens with zero attached hydrogens (tertiary/aromatic N) is 1. The van der Waals surface area contributed by atoms with Gasteiger partial charge in [0.15, 0.2) is 0 Å². The first-order valence-corrected chi connectivity index (χ1v) is 4.21. The first-order chi connectivity index (χ1) is 6.59. The molecule has 1 N–H and O–H groups in total. The highest BCUT2D eigenvalue weighted by atomic mass is 35.5. The summed E-state index contributed by atoms with van der Waals surface area (Å²) >= 11 is 5.44. The third kappa shape index (κ3) is 3.14. The first-order valence-electron chi connectivity index (χ1n) is 3.83. The van der Waals surface area contributed by atoms with Crippen molar-refractivity contribution in [1.29, 1.82) is 0 Å². The number of rotatable bonds is 3. The maximum atomic E-state index is 12.6. The average molecular weight is 215 g/mol. The van der Waals surface area contributed by atoms with E-state index in [9.17, 15) is 9.18 Å². The predicted molar refractivity (Wildman–Crippen MR) is 51.5 cm³/mol. The molecule has 1 aromatic rings. The van der Waals surface area contributed by atoms with Gasteiger partial charge in [-0.1, -0.05) is 24.2 Å². The van der Waals surface area contributed by atoms with Crippen molar-refractivity contribution in [2.24, 2.45) is 0 Å². The molecular formula is C9H8ClFN2O. The van der Waals surface area contributed by atoms with E-state index >= 15 is 0 Å². The molecule has 0 atom stereocenters. The Morgan fingerprint density at radius 3 is 2.93 bits per heavy atom. The van der Waals surface area contributed by atoms with Crippen molar-refractivity contribution >= 4 is 17.5 Å². The Morgan fingerprint density at radius 2 is 2.36 bits per heavy atom. The van der Waals surface area contributed by atoms with Crippen LogP contribution in [0.15, 0.2) is 29.8 Å². The van der Waals surface area contributed by atoms with Crippen LogP contribution >= 0.6 is 11.6 Å². The topological polar surface area (TPSA) is 42.0 Å². The number of carbonyl (C=O) groups excluding carboxylic acids is 1. The van der Waals surface area contributed by atoms with E-state index < -0.39 is 11.9 Å². The lowest BCUT2D eigenvalue weighted by atomic mass is 10.3. The van der Waals surface area contributed by atoms with Crippen LogP contribution in [0, 0.1) is 5.95 Å². The molecule has 0 radical (unpaired) electrons. The fraction of sp³-hybridized carbons (Fsp3) is 0.111. The van der Waals surface area contributed by atoms with Gasteiger partial charge in [0.05, 0.1) is 6.54 Å². The monoisotopic (exact) mass is 214 g/mol. The zero-order valence-electron chi connectivity index (χ0n) is 7.26. The van der Waals surface area contributed by atoms with Crippen LogP contribution in [0.25, 0.3) is 0 Å². The number of halogens is 2. The molecular weight excluding hydrogens is 207 g/mol. The molecule has 0 aromatic carbocycles. The average Bonchev–Trinajstić information content (AvgIpc) is 2.14. The van der Waals surface area contributed by atoms with E-state index in [1.54, 1.807) is 0 Å². The Hall–Kier alpha value is -1.42. The molecule has 0 fully saturated rings. The van der Waals surface area contributed by atoms with E-state index in [-0.39, 0.29) is 12.2 Å². The summed E-state index contributed by atoms with van der Waals surface area (Å²) in [6.45, 7) is 3.53. The van der Waals surface area contributed by atoms with E-state index in [1.165, 1.54) is 12.1 Å². The number of pyridine rings is 1. The van der Waals surface area contributed by atoms with Crippen LogP contribution in [0.4, 0.5) is 4.39 Å². The van der Waals surface area contributed by atoms with Gasteiger partial charge in [0.25, 0.3) is 5.91 Å². The van der Waals surface area contributed by atoms with Crippen LogP contribution in [0.5, 0.6) is 0 Å². The van der Waals surface area contributed by atoms with Crippen LogP contribution in [0.3, 0.4) is 0 Å². The fourth-order valence-corrected chi connectivity index (χ4v) is 0.868. The van der Waals surface area contributed by atoms with Gasteiger partial charge in [-0.25, -0.2) is 4.98 Å². The highest BCUT2D eigenvalue weighted by molar-refractivity contribution is 6.29. The quantitative estimate of drug-likeness (QED) is 0.779. The Morgan fingerprint density at radius 1 is 1.64 bits per heavy atom. The van der Waals surface area contributed by atoms with Crippen LogP contribution in [0.2, 0.25) is 0 Å². The van der Waals surface area contributed by atoms with Crippen molar-refractivity contribution in [3.8, 4) is 0 Å². The molecule has 1 amide bonds. The van der Waals surface area contributed by atoms with Crippen LogP contribution < -0.4 is 5.32 Å². The van der Waals surface area contributed by atoms with Gasteiger partial charge in [-0.05, 0) is 12.1 Å². The summed E-state index contributed by atoms with van der Waals surface area (Å²) < 4.78 is 12.6. The molecule has 1 aromatic heterocycles. The van der Waals surface area contributed by atoms with Crippen LogP contribution in [-0.4, -0.2) is 17.4 Å². The van der Waals surface area contributed by atoms with Crippen LogP contribution in [-0.2, 0) is 0 Å². The summed E-state index contributed by atoms with van der Waals surface area (Å²) in [5.74, 6) is -1.17. The number of carbonyl (C=O) groups is 1. The zero-order chi connectivity index (χ0) is 10.6. The molecule has 0 aliphatic rings. The molecule has 0 saturated carbocycles. The molecule has 0 aliphatic carbocycles. The molecule has 1 rings (SSSR count). The second-order valence-corrected chi connectivity index (χ2v) is 3.08. The minimum Gasteiger partial charge on any atom is -0.346 e. The highest BCUT2D eigenvalue weighted by Gasteiger charge is 2.06. The smallest absolute Gasteiger partial charge is 0.270 e. The van der Waals surface area contributed by atoms with Crippen molar-refractivity contribution in [2.75, 3.05) is 6.54 Å². The van der Waals surface area contributed by atoms with Crippen LogP contribution in [0.1, 0.15) is 10.5 Å². The molecule has 0 unspecified atom stereocenters. The normalized spacial score (nSPS) is 9.57. The number of aromatic nitrogens is 1.